The molecule has 0 saturated heterocycles. The maximum atomic E-state index is 12.7. The van der Waals surface area contributed by atoms with Crippen molar-refractivity contribution >= 4 is 22.2 Å². The summed E-state index contributed by atoms with van der Waals surface area (Å²) in [5, 5.41) is 0. The Labute approximate surface area is 113 Å². The smallest absolute Gasteiger partial charge is 0.153 e. The Bertz CT molecular complexity index is 552. The SMILES string of the molecule is O=Cc1cccc(Br)c1OCc1ccc(F)cc1. The summed E-state index contributed by atoms with van der Waals surface area (Å²) in [6, 6.07) is 11.3. The van der Waals surface area contributed by atoms with Crippen LogP contribution in [-0.2, 0) is 6.61 Å². The zero-order valence-electron chi connectivity index (χ0n) is 9.40. The molecule has 18 heavy (non-hydrogen) atoms. The van der Waals surface area contributed by atoms with Gasteiger partial charge in [0.05, 0.1) is 10.0 Å². The second-order valence-corrected chi connectivity index (χ2v) is 4.55. The lowest BCUT2D eigenvalue weighted by Crippen LogP contribution is -1.99. The standard InChI is InChI=1S/C14H10BrFO2/c15-13-3-1-2-11(8-17)14(13)18-9-10-4-6-12(16)7-5-10/h1-8H,9H2. The fourth-order valence-corrected chi connectivity index (χ4v) is 2.00. The Morgan fingerprint density at radius 1 is 1.17 bits per heavy atom. The Hall–Kier alpha value is -1.68. The van der Waals surface area contributed by atoms with Crippen molar-refractivity contribution in [2.75, 3.05) is 0 Å². The van der Waals surface area contributed by atoms with Gasteiger partial charge in [-0.15, -0.1) is 0 Å². The monoisotopic (exact) mass is 308 g/mol. The second kappa shape index (κ2) is 5.78. The van der Waals surface area contributed by atoms with Gasteiger partial charge in [0.25, 0.3) is 0 Å². The number of rotatable bonds is 4. The highest BCUT2D eigenvalue weighted by Gasteiger charge is 2.07. The van der Waals surface area contributed by atoms with Crippen LogP contribution in [0.5, 0.6) is 5.75 Å². The molecule has 2 aromatic carbocycles. The van der Waals surface area contributed by atoms with E-state index in [0.717, 1.165) is 11.8 Å². The maximum absolute atomic E-state index is 12.7. The molecule has 2 nitrogen and oxygen atoms in total. The van der Waals surface area contributed by atoms with E-state index in [2.05, 4.69) is 15.9 Å². The lowest BCUT2D eigenvalue weighted by Gasteiger charge is -2.10. The van der Waals surface area contributed by atoms with Gasteiger partial charge in [0, 0.05) is 0 Å². The molecule has 0 heterocycles. The molecule has 2 rings (SSSR count). The van der Waals surface area contributed by atoms with Crippen LogP contribution in [0, 0.1) is 5.82 Å². The molecule has 0 spiro atoms. The van der Waals surface area contributed by atoms with E-state index in [1.165, 1.54) is 12.1 Å². The molecule has 4 heteroatoms. The number of carbonyl (C=O) groups is 1. The molecule has 0 aliphatic rings. The largest absolute Gasteiger partial charge is 0.487 e. The van der Waals surface area contributed by atoms with Crippen molar-refractivity contribution in [2.24, 2.45) is 0 Å². The highest BCUT2D eigenvalue weighted by atomic mass is 79.9. The normalized spacial score (nSPS) is 10.1. The maximum Gasteiger partial charge on any atom is 0.153 e. The van der Waals surface area contributed by atoms with Gasteiger partial charge in [0.2, 0.25) is 0 Å². The van der Waals surface area contributed by atoms with Gasteiger partial charge in [-0.3, -0.25) is 4.79 Å². The van der Waals surface area contributed by atoms with Crippen LogP contribution >= 0.6 is 15.9 Å². The van der Waals surface area contributed by atoms with Crippen molar-refractivity contribution in [1.29, 1.82) is 0 Å². The summed E-state index contributed by atoms with van der Waals surface area (Å²) in [6.07, 6.45) is 0.741. The first kappa shape index (κ1) is 12.8. The summed E-state index contributed by atoms with van der Waals surface area (Å²) < 4.78 is 19.0. The molecule has 0 bridgehead atoms. The lowest BCUT2D eigenvalue weighted by atomic mass is 10.2. The van der Waals surface area contributed by atoms with Crippen LogP contribution in [0.15, 0.2) is 46.9 Å². The highest BCUT2D eigenvalue weighted by Crippen LogP contribution is 2.28. The minimum Gasteiger partial charge on any atom is -0.487 e. The molecule has 0 saturated carbocycles. The van der Waals surface area contributed by atoms with E-state index < -0.39 is 0 Å². The Morgan fingerprint density at radius 2 is 1.89 bits per heavy atom. The van der Waals surface area contributed by atoms with E-state index in [0.29, 0.717) is 15.8 Å². The minimum atomic E-state index is -0.284. The zero-order valence-corrected chi connectivity index (χ0v) is 11.0. The topological polar surface area (TPSA) is 26.3 Å². The molecule has 0 unspecified atom stereocenters. The van der Waals surface area contributed by atoms with Crippen molar-refractivity contribution < 1.29 is 13.9 Å². The summed E-state index contributed by atoms with van der Waals surface area (Å²) in [7, 11) is 0. The molecule has 0 N–H and O–H groups in total. The van der Waals surface area contributed by atoms with E-state index >= 15 is 0 Å². The predicted octanol–water partition coefficient (Wildman–Crippen LogP) is 3.98. The predicted molar refractivity (Wildman–Crippen MR) is 70.3 cm³/mol. The van der Waals surface area contributed by atoms with Crippen molar-refractivity contribution in [3.8, 4) is 5.75 Å². The Morgan fingerprint density at radius 3 is 2.56 bits per heavy atom. The summed E-state index contributed by atoms with van der Waals surface area (Å²) in [4.78, 5) is 10.9. The van der Waals surface area contributed by atoms with Crippen LogP contribution in [0.3, 0.4) is 0 Å². The van der Waals surface area contributed by atoms with Gasteiger partial charge in [-0.1, -0.05) is 18.2 Å². The average Bonchev–Trinajstić information content (AvgIpc) is 2.39. The van der Waals surface area contributed by atoms with Crippen molar-refractivity contribution in [2.45, 2.75) is 6.61 Å². The van der Waals surface area contributed by atoms with Gasteiger partial charge in [-0.25, -0.2) is 4.39 Å². The molecule has 0 aromatic heterocycles. The van der Waals surface area contributed by atoms with Crippen LogP contribution in [0.1, 0.15) is 15.9 Å². The summed E-state index contributed by atoms with van der Waals surface area (Å²) in [6.45, 7) is 0.281. The number of benzene rings is 2. The third-order valence-electron chi connectivity index (χ3n) is 2.42. The van der Waals surface area contributed by atoms with E-state index in [1.54, 1.807) is 30.3 Å². The molecule has 0 aliphatic heterocycles. The second-order valence-electron chi connectivity index (χ2n) is 3.69. The fourth-order valence-electron chi connectivity index (χ4n) is 1.51. The molecule has 0 radical (unpaired) electrons. The van der Waals surface area contributed by atoms with E-state index in [1.807, 2.05) is 0 Å². The molecule has 2 aromatic rings. The van der Waals surface area contributed by atoms with Gasteiger partial charge in [-0.05, 0) is 45.8 Å². The summed E-state index contributed by atoms with van der Waals surface area (Å²) in [5.74, 6) is 0.213. The van der Waals surface area contributed by atoms with Gasteiger partial charge in [0.15, 0.2) is 6.29 Å². The summed E-state index contributed by atoms with van der Waals surface area (Å²) in [5.41, 5.74) is 1.32. The molecule has 0 aliphatic carbocycles. The first-order valence-corrected chi connectivity index (χ1v) is 6.11. The first-order chi connectivity index (χ1) is 8.70. The quantitative estimate of drug-likeness (QED) is 0.799. The van der Waals surface area contributed by atoms with Crippen LogP contribution in [0.4, 0.5) is 4.39 Å². The zero-order chi connectivity index (χ0) is 13.0. The molecule has 92 valence electrons. The van der Waals surface area contributed by atoms with E-state index in [9.17, 15) is 9.18 Å². The van der Waals surface area contributed by atoms with Crippen LogP contribution in [0.25, 0.3) is 0 Å². The number of hydrogen-bond donors (Lipinski definition) is 0. The Balaban J connectivity index is 2.15. The lowest BCUT2D eigenvalue weighted by molar-refractivity contribution is 0.111. The average molecular weight is 309 g/mol. The number of aldehydes is 1. The molecular formula is C14H10BrFO2. The van der Waals surface area contributed by atoms with Crippen molar-refractivity contribution in [3.63, 3.8) is 0 Å². The highest BCUT2D eigenvalue weighted by molar-refractivity contribution is 9.10. The number of halogens is 2. The molecule has 0 fully saturated rings. The van der Waals surface area contributed by atoms with E-state index in [-0.39, 0.29) is 12.4 Å². The summed E-state index contributed by atoms with van der Waals surface area (Å²) >= 11 is 3.33. The number of para-hydroxylation sites is 1. The fraction of sp³-hybridized carbons (Fsp3) is 0.0714. The molecule has 0 atom stereocenters. The van der Waals surface area contributed by atoms with Crippen LogP contribution in [-0.4, -0.2) is 6.29 Å². The third kappa shape index (κ3) is 2.96. The third-order valence-corrected chi connectivity index (χ3v) is 3.05. The minimum absolute atomic E-state index is 0.281. The first-order valence-electron chi connectivity index (χ1n) is 5.31. The Kier molecular flexibility index (Phi) is 4.10. The van der Waals surface area contributed by atoms with Crippen molar-refractivity contribution in [3.05, 3.63) is 63.9 Å². The van der Waals surface area contributed by atoms with Crippen LogP contribution < -0.4 is 4.74 Å². The number of hydrogen-bond acceptors (Lipinski definition) is 2. The van der Waals surface area contributed by atoms with Crippen LogP contribution in [0.2, 0.25) is 0 Å². The van der Waals surface area contributed by atoms with Gasteiger partial charge in [0.1, 0.15) is 18.2 Å². The van der Waals surface area contributed by atoms with Gasteiger partial charge in [-0.2, -0.15) is 0 Å². The van der Waals surface area contributed by atoms with Gasteiger partial charge < -0.3 is 4.74 Å². The van der Waals surface area contributed by atoms with Crippen molar-refractivity contribution in [1.82, 2.24) is 0 Å². The molecule has 0 amide bonds. The number of ether oxygens (including phenoxy) is 1. The number of carbonyl (C=O) groups excluding carboxylic acids is 1. The van der Waals surface area contributed by atoms with E-state index in [4.69, 9.17) is 4.74 Å². The molecular weight excluding hydrogens is 299 g/mol. The van der Waals surface area contributed by atoms with Gasteiger partial charge >= 0.3 is 0 Å².